The number of rotatable bonds is 6. The van der Waals surface area contributed by atoms with Gasteiger partial charge in [0.25, 0.3) is 0 Å². The third-order valence-electron chi connectivity index (χ3n) is 4.58. The molecule has 1 aliphatic rings. The first-order valence-electron chi connectivity index (χ1n) is 8.97. The fourth-order valence-corrected chi connectivity index (χ4v) is 5.61. The molecule has 1 aromatic heterocycles. The van der Waals surface area contributed by atoms with Gasteiger partial charge >= 0.3 is 0 Å². The molecule has 1 aliphatic heterocycles. The van der Waals surface area contributed by atoms with E-state index in [2.05, 4.69) is 29.1 Å². The number of aryl methyl sites for hydroxylation is 1. The average Bonchev–Trinajstić information content (AvgIpc) is 2.94. The molecule has 2 aromatic rings. The van der Waals surface area contributed by atoms with E-state index in [-0.39, 0.29) is 17.4 Å². The van der Waals surface area contributed by atoms with Crippen LogP contribution in [0.15, 0.2) is 34.3 Å². The first-order valence-corrected chi connectivity index (χ1v) is 10.8. The second-order valence-electron chi connectivity index (χ2n) is 6.60. The summed E-state index contributed by atoms with van der Waals surface area (Å²) >= 11 is 3.27. The first-order chi connectivity index (χ1) is 12.9. The lowest BCUT2D eigenvalue weighted by molar-refractivity contribution is -0.113. The van der Waals surface area contributed by atoms with Gasteiger partial charge in [-0.3, -0.25) is 9.59 Å². The summed E-state index contributed by atoms with van der Waals surface area (Å²) in [7, 11) is 0. The summed E-state index contributed by atoms with van der Waals surface area (Å²) < 4.78 is 0. The lowest BCUT2D eigenvalue weighted by Crippen LogP contribution is -2.15. The number of thioether (sulfide) groups is 2. The number of aromatic nitrogens is 2. The summed E-state index contributed by atoms with van der Waals surface area (Å²) in [6.07, 6.45) is 1.04. The SMILES string of the molecule is CC[C@@H]1c2c(SCC(=O)Nc3ccc(C(C)=O)cc3)nc(C)nc2S[C@@H]1C. The van der Waals surface area contributed by atoms with Crippen LogP contribution in [0.1, 0.15) is 54.9 Å². The zero-order valence-corrected chi connectivity index (χ0v) is 17.5. The molecule has 0 fully saturated rings. The molecule has 2 heterocycles. The fraction of sp³-hybridized carbons (Fsp3) is 0.400. The highest BCUT2D eigenvalue weighted by molar-refractivity contribution is 8.01. The number of nitrogens with zero attached hydrogens (tertiary/aromatic N) is 2. The second kappa shape index (κ2) is 8.44. The normalized spacial score (nSPS) is 18.2. The minimum Gasteiger partial charge on any atom is -0.325 e. The molecule has 0 unspecified atom stereocenters. The Hall–Kier alpha value is -1.86. The maximum absolute atomic E-state index is 12.4. The number of hydrogen-bond acceptors (Lipinski definition) is 6. The number of hydrogen-bond donors (Lipinski definition) is 1. The molecule has 0 saturated heterocycles. The van der Waals surface area contributed by atoms with Crippen molar-refractivity contribution in [3.8, 4) is 0 Å². The maximum atomic E-state index is 12.4. The fourth-order valence-electron chi connectivity index (χ4n) is 3.20. The Labute approximate surface area is 168 Å². The minimum absolute atomic E-state index is 0.00833. The summed E-state index contributed by atoms with van der Waals surface area (Å²) in [5, 5.41) is 5.34. The highest BCUT2D eigenvalue weighted by atomic mass is 32.2. The second-order valence-corrected chi connectivity index (χ2v) is 8.93. The molecule has 1 amide bonds. The predicted octanol–water partition coefficient (Wildman–Crippen LogP) is 4.71. The van der Waals surface area contributed by atoms with E-state index in [0.29, 0.717) is 22.4 Å². The van der Waals surface area contributed by atoms with Gasteiger partial charge in [-0.15, -0.1) is 11.8 Å². The summed E-state index contributed by atoms with van der Waals surface area (Å²) in [6.45, 7) is 7.82. The number of ketones is 1. The minimum atomic E-state index is -0.0904. The Morgan fingerprint density at radius 2 is 1.93 bits per heavy atom. The van der Waals surface area contributed by atoms with Gasteiger partial charge in [0, 0.05) is 28.0 Å². The largest absolute Gasteiger partial charge is 0.325 e. The molecule has 1 N–H and O–H groups in total. The molecule has 0 spiro atoms. The average molecular weight is 402 g/mol. The van der Waals surface area contributed by atoms with Crippen molar-refractivity contribution >= 4 is 40.9 Å². The van der Waals surface area contributed by atoms with E-state index >= 15 is 0 Å². The Bertz CT molecular complexity index is 868. The van der Waals surface area contributed by atoms with Crippen molar-refractivity contribution in [3.63, 3.8) is 0 Å². The Morgan fingerprint density at radius 3 is 2.56 bits per heavy atom. The molecule has 142 valence electrons. The van der Waals surface area contributed by atoms with Crippen molar-refractivity contribution in [2.75, 3.05) is 11.1 Å². The van der Waals surface area contributed by atoms with Crippen molar-refractivity contribution in [2.24, 2.45) is 0 Å². The molecular formula is C20H23N3O2S2. The highest BCUT2D eigenvalue weighted by Gasteiger charge is 2.33. The molecule has 27 heavy (non-hydrogen) atoms. The Morgan fingerprint density at radius 1 is 1.22 bits per heavy atom. The van der Waals surface area contributed by atoms with Crippen LogP contribution < -0.4 is 5.32 Å². The zero-order chi connectivity index (χ0) is 19.6. The van der Waals surface area contributed by atoms with E-state index in [9.17, 15) is 9.59 Å². The zero-order valence-electron chi connectivity index (χ0n) is 15.9. The van der Waals surface area contributed by atoms with Crippen LogP contribution in [0.4, 0.5) is 5.69 Å². The summed E-state index contributed by atoms with van der Waals surface area (Å²) in [5.74, 6) is 1.37. The summed E-state index contributed by atoms with van der Waals surface area (Å²) in [6, 6.07) is 6.93. The topological polar surface area (TPSA) is 72.0 Å². The number of anilines is 1. The number of carbonyl (C=O) groups excluding carboxylic acids is 2. The smallest absolute Gasteiger partial charge is 0.234 e. The van der Waals surface area contributed by atoms with E-state index < -0.39 is 0 Å². The maximum Gasteiger partial charge on any atom is 0.234 e. The summed E-state index contributed by atoms with van der Waals surface area (Å²) in [4.78, 5) is 32.9. The van der Waals surface area contributed by atoms with Gasteiger partial charge in [0.1, 0.15) is 15.9 Å². The van der Waals surface area contributed by atoms with Gasteiger partial charge in [0.15, 0.2) is 5.78 Å². The van der Waals surface area contributed by atoms with Gasteiger partial charge in [-0.1, -0.05) is 25.6 Å². The van der Waals surface area contributed by atoms with Gasteiger partial charge in [-0.05, 0) is 44.5 Å². The number of nitrogens with one attached hydrogen (secondary N) is 1. The number of Topliss-reactive ketones (excluding diaryl/α,β-unsaturated/α-hetero) is 1. The number of carbonyl (C=O) groups is 2. The van der Waals surface area contributed by atoms with Gasteiger partial charge in [0.05, 0.1) is 5.75 Å². The van der Waals surface area contributed by atoms with Crippen LogP contribution >= 0.6 is 23.5 Å². The van der Waals surface area contributed by atoms with Crippen LogP contribution in [0.2, 0.25) is 0 Å². The number of benzene rings is 1. The predicted molar refractivity (Wildman–Crippen MR) is 111 cm³/mol. The van der Waals surface area contributed by atoms with E-state index in [1.807, 2.05) is 6.92 Å². The molecular weight excluding hydrogens is 378 g/mol. The lowest BCUT2D eigenvalue weighted by Gasteiger charge is -2.15. The number of amides is 1. The van der Waals surface area contributed by atoms with Crippen LogP contribution in [0.3, 0.4) is 0 Å². The van der Waals surface area contributed by atoms with E-state index in [1.165, 1.54) is 24.2 Å². The third-order valence-corrected chi connectivity index (χ3v) is 6.80. The highest BCUT2D eigenvalue weighted by Crippen LogP contribution is 2.48. The molecule has 0 bridgehead atoms. The third kappa shape index (κ3) is 4.52. The van der Waals surface area contributed by atoms with E-state index in [4.69, 9.17) is 0 Å². The standard InChI is InChI=1S/C20H23N3O2S2/c1-5-16-12(3)27-20-18(16)19(21-13(4)22-20)26-10-17(25)23-15-8-6-14(7-9-15)11(2)24/h6-9,12,16H,5,10H2,1-4H3,(H,23,25)/t12-,16+/m1/s1. The van der Waals surface area contributed by atoms with Crippen LogP contribution in [0.5, 0.6) is 0 Å². The number of fused-ring (bicyclic) bond motifs is 1. The monoisotopic (exact) mass is 401 g/mol. The molecule has 5 nitrogen and oxygen atoms in total. The molecule has 0 saturated carbocycles. The van der Waals surface area contributed by atoms with Crippen molar-refractivity contribution in [1.29, 1.82) is 0 Å². The van der Waals surface area contributed by atoms with Gasteiger partial charge < -0.3 is 5.32 Å². The molecule has 0 radical (unpaired) electrons. The van der Waals surface area contributed by atoms with Gasteiger partial charge in [-0.25, -0.2) is 9.97 Å². The quantitative estimate of drug-likeness (QED) is 0.429. The molecule has 2 atom stereocenters. The van der Waals surface area contributed by atoms with E-state index in [0.717, 1.165) is 22.3 Å². The van der Waals surface area contributed by atoms with Gasteiger partial charge in [0.2, 0.25) is 5.91 Å². The van der Waals surface area contributed by atoms with Crippen LogP contribution in [-0.2, 0) is 4.79 Å². The van der Waals surface area contributed by atoms with Crippen molar-refractivity contribution in [1.82, 2.24) is 9.97 Å². The first kappa shape index (κ1) is 19.9. The van der Waals surface area contributed by atoms with Crippen LogP contribution in [0.25, 0.3) is 0 Å². The lowest BCUT2D eigenvalue weighted by atomic mass is 9.96. The van der Waals surface area contributed by atoms with Crippen molar-refractivity contribution in [3.05, 3.63) is 41.2 Å². The van der Waals surface area contributed by atoms with Crippen molar-refractivity contribution < 1.29 is 9.59 Å². The van der Waals surface area contributed by atoms with E-state index in [1.54, 1.807) is 36.0 Å². The Kier molecular flexibility index (Phi) is 6.22. The molecule has 0 aliphatic carbocycles. The molecule has 1 aromatic carbocycles. The van der Waals surface area contributed by atoms with Crippen LogP contribution in [-0.4, -0.2) is 32.7 Å². The van der Waals surface area contributed by atoms with Crippen molar-refractivity contribution in [2.45, 2.75) is 55.3 Å². The molecule has 3 rings (SSSR count). The molecule has 7 heteroatoms. The van der Waals surface area contributed by atoms with Crippen LogP contribution in [0, 0.1) is 6.92 Å². The Balaban J connectivity index is 1.68. The van der Waals surface area contributed by atoms with Gasteiger partial charge in [-0.2, -0.15) is 0 Å². The summed E-state index contributed by atoms with van der Waals surface area (Å²) in [5.41, 5.74) is 2.51.